The number of benzene rings is 2. The van der Waals surface area contributed by atoms with E-state index in [2.05, 4.69) is 15.6 Å². The standard InChI is InChI=1S/C21H18FN3O4/c1-28-16-7-8-17(19(12-16)29-2)25-21(27)18-11-13(9-10-23-18)20(26)24-15-5-3-14(22)4-6-15/h3-12H,1-2H3,(H,24,26)(H,25,27). The number of carbonyl (C=O) groups excluding carboxylic acids is 2. The summed E-state index contributed by atoms with van der Waals surface area (Å²) >= 11 is 0. The first-order valence-electron chi connectivity index (χ1n) is 8.56. The van der Waals surface area contributed by atoms with E-state index in [1.54, 1.807) is 18.2 Å². The van der Waals surface area contributed by atoms with E-state index >= 15 is 0 Å². The number of aromatic nitrogens is 1. The van der Waals surface area contributed by atoms with Crippen molar-refractivity contribution in [2.24, 2.45) is 0 Å². The molecule has 8 heteroatoms. The van der Waals surface area contributed by atoms with Gasteiger partial charge < -0.3 is 20.1 Å². The highest BCUT2D eigenvalue weighted by atomic mass is 19.1. The number of hydrogen-bond donors (Lipinski definition) is 2. The Hall–Kier alpha value is -3.94. The van der Waals surface area contributed by atoms with Crippen LogP contribution >= 0.6 is 0 Å². The highest BCUT2D eigenvalue weighted by Crippen LogP contribution is 2.29. The lowest BCUT2D eigenvalue weighted by Crippen LogP contribution is -2.17. The highest BCUT2D eigenvalue weighted by Gasteiger charge is 2.15. The highest BCUT2D eigenvalue weighted by molar-refractivity contribution is 6.08. The van der Waals surface area contributed by atoms with E-state index < -0.39 is 17.6 Å². The predicted octanol–water partition coefficient (Wildman–Crippen LogP) is 3.74. The van der Waals surface area contributed by atoms with Crippen LogP contribution in [0, 0.1) is 5.82 Å². The number of halogens is 1. The van der Waals surface area contributed by atoms with E-state index in [0.29, 0.717) is 22.9 Å². The zero-order valence-corrected chi connectivity index (χ0v) is 15.7. The fraction of sp³-hybridized carbons (Fsp3) is 0.0952. The van der Waals surface area contributed by atoms with Crippen LogP contribution in [0.3, 0.4) is 0 Å². The maximum atomic E-state index is 13.0. The molecule has 7 nitrogen and oxygen atoms in total. The molecule has 3 rings (SSSR count). The second-order valence-corrected chi connectivity index (χ2v) is 5.91. The maximum absolute atomic E-state index is 13.0. The Labute approximate surface area is 166 Å². The molecule has 29 heavy (non-hydrogen) atoms. The van der Waals surface area contributed by atoms with E-state index in [4.69, 9.17) is 9.47 Å². The summed E-state index contributed by atoms with van der Waals surface area (Å²) in [6.45, 7) is 0. The smallest absolute Gasteiger partial charge is 0.274 e. The van der Waals surface area contributed by atoms with Gasteiger partial charge in [0.05, 0.1) is 19.9 Å². The number of amides is 2. The van der Waals surface area contributed by atoms with Gasteiger partial charge in [-0.1, -0.05) is 0 Å². The largest absolute Gasteiger partial charge is 0.497 e. The number of nitrogens with zero attached hydrogens (tertiary/aromatic N) is 1. The van der Waals surface area contributed by atoms with Gasteiger partial charge in [0.1, 0.15) is 23.0 Å². The Balaban J connectivity index is 1.75. The molecule has 0 saturated carbocycles. The number of anilines is 2. The third kappa shape index (κ3) is 4.86. The third-order valence-electron chi connectivity index (χ3n) is 4.01. The van der Waals surface area contributed by atoms with Crippen molar-refractivity contribution in [1.29, 1.82) is 0 Å². The summed E-state index contributed by atoms with van der Waals surface area (Å²) < 4.78 is 23.4. The molecular weight excluding hydrogens is 377 g/mol. The van der Waals surface area contributed by atoms with Crippen molar-refractivity contribution in [2.75, 3.05) is 24.9 Å². The molecule has 0 aliphatic rings. The van der Waals surface area contributed by atoms with Gasteiger partial charge in [0, 0.05) is 23.5 Å². The molecule has 0 saturated heterocycles. The zero-order chi connectivity index (χ0) is 20.8. The first kappa shape index (κ1) is 19.8. The van der Waals surface area contributed by atoms with Gasteiger partial charge in [0.15, 0.2) is 0 Å². The summed E-state index contributed by atoms with van der Waals surface area (Å²) in [5, 5.41) is 5.33. The van der Waals surface area contributed by atoms with E-state index in [1.165, 1.54) is 56.8 Å². The van der Waals surface area contributed by atoms with Gasteiger partial charge in [-0.15, -0.1) is 0 Å². The van der Waals surface area contributed by atoms with Crippen LogP contribution in [-0.4, -0.2) is 31.0 Å². The molecule has 3 aromatic rings. The van der Waals surface area contributed by atoms with Crippen molar-refractivity contribution in [3.05, 3.63) is 77.9 Å². The van der Waals surface area contributed by atoms with E-state index in [0.717, 1.165) is 0 Å². The second kappa shape index (κ2) is 8.83. The van der Waals surface area contributed by atoms with Crippen LogP contribution in [0.2, 0.25) is 0 Å². The van der Waals surface area contributed by atoms with Crippen LogP contribution < -0.4 is 20.1 Å². The summed E-state index contributed by atoms with van der Waals surface area (Å²) in [5.74, 6) is -0.361. The van der Waals surface area contributed by atoms with Crippen molar-refractivity contribution in [3.63, 3.8) is 0 Å². The van der Waals surface area contributed by atoms with Crippen LogP contribution in [0.15, 0.2) is 60.8 Å². The molecule has 0 radical (unpaired) electrons. The van der Waals surface area contributed by atoms with Gasteiger partial charge in [0.2, 0.25) is 0 Å². The van der Waals surface area contributed by atoms with Crippen molar-refractivity contribution in [2.45, 2.75) is 0 Å². The average Bonchev–Trinajstić information content (AvgIpc) is 2.75. The minimum Gasteiger partial charge on any atom is -0.497 e. The first-order valence-corrected chi connectivity index (χ1v) is 8.56. The van der Waals surface area contributed by atoms with Crippen molar-refractivity contribution >= 4 is 23.2 Å². The molecule has 0 fully saturated rings. The summed E-state index contributed by atoms with van der Waals surface area (Å²) in [4.78, 5) is 29.0. The van der Waals surface area contributed by atoms with Gasteiger partial charge in [-0.2, -0.15) is 0 Å². The average molecular weight is 395 g/mol. The van der Waals surface area contributed by atoms with Crippen LogP contribution in [0.1, 0.15) is 20.8 Å². The predicted molar refractivity (Wildman–Crippen MR) is 106 cm³/mol. The van der Waals surface area contributed by atoms with Crippen molar-refractivity contribution in [3.8, 4) is 11.5 Å². The van der Waals surface area contributed by atoms with Crippen molar-refractivity contribution < 1.29 is 23.5 Å². The second-order valence-electron chi connectivity index (χ2n) is 5.91. The number of hydrogen-bond acceptors (Lipinski definition) is 5. The number of ether oxygens (including phenoxy) is 2. The first-order chi connectivity index (χ1) is 14.0. The van der Waals surface area contributed by atoms with Crippen LogP contribution in [-0.2, 0) is 0 Å². The van der Waals surface area contributed by atoms with Gasteiger partial charge >= 0.3 is 0 Å². The Morgan fingerprint density at radius 1 is 0.897 bits per heavy atom. The topological polar surface area (TPSA) is 89.5 Å². The zero-order valence-electron chi connectivity index (χ0n) is 15.7. The number of pyridine rings is 1. The fourth-order valence-corrected chi connectivity index (χ4v) is 2.52. The van der Waals surface area contributed by atoms with Crippen LogP contribution in [0.4, 0.5) is 15.8 Å². The third-order valence-corrected chi connectivity index (χ3v) is 4.01. The summed E-state index contributed by atoms with van der Waals surface area (Å²) in [6, 6.07) is 13.2. The Kier molecular flexibility index (Phi) is 6.03. The molecule has 0 atom stereocenters. The number of rotatable bonds is 6. The monoisotopic (exact) mass is 395 g/mol. The van der Waals surface area contributed by atoms with E-state index in [1.807, 2.05) is 0 Å². The molecule has 2 amide bonds. The minimum atomic E-state index is -0.509. The minimum absolute atomic E-state index is 0.0506. The maximum Gasteiger partial charge on any atom is 0.274 e. The Morgan fingerprint density at radius 2 is 1.66 bits per heavy atom. The van der Waals surface area contributed by atoms with Crippen LogP contribution in [0.25, 0.3) is 0 Å². The van der Waals surface area contributed by atoms with Crippen LogP contribution in [0.5, 0.6) is 11.5 Å². The molecule has 0 aliphatic heterocycles. The molecule has 0 unspecified atom stereocenters. The fourth-order valence-electron chi connectivity index (χ4n) is 2.52. The SMILES string of the molecule is COc1ccc(NC(=O)c2cc(C(=O)Nc3ccc(F)cc3)ccn2)c(OC)c1. The van der Waals surface area contributed by atoms with Gasteiger partial charge in [-0.05, 0) is 48.5 Å². The Morgan fingerprint density at radius 3 is 2.34 bits per heavy atom. The molecule has 1 aromatic heterocycles. The quantitative estimate of drug-likeness (QED) is 0.664. The lowest BCUT2D eigenvalue weighted by atomic mass is 10.2. The molecule has 2 aromatic carbocycles. The molecule has 1 heterocycles. The molecular formula is C21H18FN3O4. The van der Waals surface area contributed by atoms with Gasteiger partial charge in [-0.25, -0.2) is 4.39 Å². The van der Waals surface area contributed by atoms with Crippen molar-refractivity contribution in [1.82, 2.24) is 4.98 Å². The molecule has 0 spiro atoms. The van der Waals surface area contributed by atoms with Gasteiger partial charge in [0.25, 0.3) is 11.8 Å². The van der Waals surface area contributed by atoms with E-state index in [9.17, 15) is 14.0 Å². The summed E-state index contributed by atoms with van der Waals surface area (Å²) in [5.41, 5.74) is 1.15. The lowest BCUT2D eigenvalue weighted by Gasteiger charge is -2.12. The number of carbonyl (C=O) groups is 2. The molecule has 0 bridgehead atoms. The lowest BCUT2D eigenvalue weighted by molar-refractivity contribution is 0.102. The number of nitrogens with one attached hydrogen (secondary N) is 2. The Bertz CT molecular complexity index is 1040. The summed E-state index contributed by atoms with van der Waals surface area (Å²) in [6.07, 6.45) is 1.36. The molecule has 148 valence electrons. The number of methoxy groups -OCH3 is 2. The normalized spacial score (nSPS) is 10.2. The molecule has 2 N–H and O–H groups in total. The summed E-state index contributed by atoms with van der Waals surface area (Å²) in [7, 11) is 3.00. The van der Waals surface area contributed by atoms with Gasteiger partial charge in [-0.3, -0.25) is 14.6 Å². The molecule has 0 aliphatic carbocycles. The van der Waals surface area contributed by atoms with E-state index in [-0.39, 0.29) is 11.3 Å².